The van der Waals surface area contributed by atoms with E-state index in [-0.39, 0.29) is 11.9 Å². The number of nitrogens with zero attached hydrogens (tertiary/aromatic N) is 4. The number of hydrogen-bond acceptors (Lipinski definition) is 6. The molecule has 3 rings (SSSR count). The number of benzene rings is 1. The molecular formula is C18H25N5O2S. The van der Waals surface area contributed by atoms with Gasteiger partial charge in [0.15, 0.2) is 5.16 Å². The number of carbonyl (C=O) groups excluding carboxylic acids is 1. The molecule has 7 nitrogen and oxygen atoms in total. The molecule has 8 heteroatoms. The summed E-state index contributed by atoms with van der Waals surface area (Å²) in [5, 5.41) is 11.7. The van der Waals surface area contributed by atoms with Gasteiger partial charge in [-0.05, 0) is 31.5 Å². The summed E-state index contributed by atoms with van der Waals surface area (Å²) in [7, 11) is 0. The minimum absolute atomic E-state index is 0.0446. The molecule has 1 aromatic heterocycles. The first-order chi connectivity index (χ1) is 12.6. The summed E-state index contributed by atoms with van der Waals surface area (Å²) in [5.41, 5.74) is 2.02. The Labute approximate surface area is 158 Å². The van der Waals surface area contributed by atoms with E-state index in [9.17, 15) is 4.79 Å². The fourth-order valence-electron chi connectivity index (χ4n) is 2.78. The fourth-order valence-corrected chi connectivity index (χ4v) is 3.63. The minimum Gasteiger partial charge on any atom is -0.379 e. The molecule has 1 aliphatic heterocycles. The van der Waals surface area contributed by atoms with Gasteiger partial charge in [-0.2, -0.15) is 0 Å². The number of aromatic nitrogens is 3. The van der Waals surface area contributed by atoms with Gasteiger partial charge in [0.1, 0.15) is 6.33 Å². The Morgan fingerprint density at radius 3 is 2.92 bits per heavy atom. The second-order valence-corrected chi connectivity index (χ2v) is 7.48. The zero-order valence-corrected chi connectivity index (χ0v) is 16.0. The van der Waals surface area contributed by atoms with Crippen molar-refractivity contribution in [1.29, 1.82) is 0 Å². The standard InChI is InChI=1S/C18H25N5O2S/c1-14(2)23-13-19-21-18(23)26-12-17(24)20-16-5-3-4-15(10-16)11-22-6-8-25-9-7-22/h3-5,10,13-14H,6-9,11-12H2,1-2H3,(H,20,24). The molecule has 0 aliphatic carbocycles. The number of ether oxygens (including phenoxy) is 1. The maximum Gasteiger partial charge on any atom is 0.234 e. The SMILES string of the molecule is CC(C)n1cnnc1SCC(=O)Nc1cccc(CN2CCOCC2)c1. The molecule has 1 aliphatic rings. The van der Waals surface area contributed by atoms with Gasteiger partial charge in [-0.15, -0.1) is 10.2 Å². The molecule has 1 N–H and O–H groups in total. The molecule has 2 heterocycles. The van der Waals surface area contributed by atoms with Crippen LogP contribution in [0.5, 0.6) is 0 Å². The van der Waals surface area contributed by atoms with Crippen LogP contribution < -0.4 is 5.32 Å². The zero-order valence-electron chi connectivity index (χ0n) is 15.2. The van der Waals surface area contributed by atoms with E-state index in [1.165, 1.54) is 17.3 Å². The summed E-state index contributed by atoms with van der Waals surface area (Å²) in [6, 6.07) is 8.29. The third-order valence-corrected chi connectivity index (χ3v) is 5.11. The zero-order chi connectivity index (χ0) is 18.4. The molecule has 0 radical (unpaired) electrons. The quantitative estimate of drug-likeness (QED) is 0.750. The molecule has 0 saturated carbocycles. The van der Waals surface area contributed by atoms with Crippen LogP contribution in [0.2, 0.25) is 0 Å². The molecule has 2 aromatic rings. The normalized spacial score (nSPS) is 15.3. The van der Waals surface area contributed by atoms with Gasteiger partial charge in [0, 0.05) is 31.4 Å². The highest BCUT2D eigenvalue weighted by Crippen LogP contribution is 2.19. The molecule has 1 amide bonds. The van der Waals surface area contributed by atoms with E-state index in [2.05, 4.69) is 40.3 Å². The van der Waals surface area contributed by atoms with Crippen LogP contribution in [0.15, 0.2) is 35.7 Å². The maximum atomic E-state index is 12.3. The summed E-state index contributed by atoms with van der Waals surface area (Å²) in [4.78, 5) is 14.6. The predicted molar refractivity (Wildman–Crippen MR) is 102 cm³/mol. The Hall–Kier alpha value is -1.90. The predicted octanol–water partition coefficient (Wildman–Crippen LogP) is 2.42. The van der Waals surface area contributed by atoms with Crippen LogP contribution in [0.4, 0.5) is 5.69 Å². The Bertz CT molecular complexity index is 728. The smallest absolute Gasteiger partial charge is 0.234 e. The van der Waals surface area contributed by atoms with Crippen molar-refractivity contribution in [3.05, 3.63) is 36.2 Å². The number of rotatable bonds is 7. The third kappa shape index (κ3) is 5.30. The molecule has 1 fully saturated rings. The average Bonchev–Trinajstić information content (AvgIpc) is 3.10. The van der Waals surface area contributed by atoms with E-state index in [4.69, 9.17) is 4.74 Å². The monoisotopic (exact) mass is 375 g/mol. The van der Waals surface area contributed by atoms with Crippen LogP contribution >= 0.6 is 11.8 Å². The highest BCUT2D eigenvalue weighted by atomic mass is 32.2. The lowest BCUT2D eigenvalue weighted by Gasteiger charge is -2.26. The summed E-state index contributed by atoms with van der Waals surface area (Å²) in [5.74, 6) is 0.260. The molecular weight excluding hydrogens is 350 g/mol. The van der Waals surface area contributed by atoms with E-state index in [1.54, 1.807) is 6.33 Å². The molecule has 1 saturated heterocycles. The van der Waals surface area contributed by atoms with Crippen molar-refractivity contribution in [2.24, 2.45) is 0 Å². The molecule has 0 spiro atoms. The van der Waals surface area contributed by atoms with Gasteiger partial charge >= 0.3 is 0 Å². The first-order valence-corrected chi connectivity index (χ1v) is 9.81. The van der Waals surface area contributed by atoms with Crippen molar-refractivity contribution in [3.63, 3.8) is 0 Å². The average molecular weight is 375 g/mol. The van der Waals surface area contributed by atoms with Crippen molar-refractivity contribution in [2.45, 2.75) is 31.6 Å². The van der Waals surface area contributed by atoms with Gasteiger partial charge in [-0.3, -0.25) is 9.69 Å². The largest absolute Gasteiger partial charge is 0.379 e. The molecule has 26 heavy (non-hydrogen) atoms. The van der Waals surface area contributed by atoms with Crippen molar-refractivity contribution in [3.8, 4) is 0 Å². The van der Waals surface area contributed by atoms with E-state index in [0.29, 0.717) is 5.75 Å². The second-order valence-electron chi connectivity index (χ2n) is 6.54. The number of amides is 1. The number of morpholine rings is 1. The second kappa shape index (κ2) is 9.16. The van der Waals surface area contributed by atoms with Crippen molar-refractivity contribution in [1.82, 2.24) is 19.7 Å². The van der Waals surface area contributed by atoms with E-state index < -0.39 is 0 Å². The number of thioether (sulfide) groups is 1. The van der Waals surface area contributed by atoms with Gasteiger partial charge in [-0.25, -0.2) is 0 Å². The van der Waals surface area contributed by atoms with Gasteiger partial charge in [0.2, 0.25) is 5.91 Å². The lowest BCUT2D eigenvalue weighted by Crippen LogP contribution is -2.35. The molecule has 1 aromatic carbocycles. The van der Waals surface area contributed by atoms with Crippen LogP contribution in [0.1, 0.15) is 25.5 Å². The first kappa shape index (κ1) is 18.9. The van der Waals surface area contributed by atoms with Gasteiger partial charge in [-0.1, -0.05) is 23.9 Å². The highest BCUT2D eigenvalue weighted by Gasteiger charge is 2.13. The minimum atomic E-state index is -0.0446. The van der Waals surface area contributed by atoms with Gasteiger partial charge < -0.3 is 14.6 Å². The molecule has 0 unspecified atom stereocenters. The Balaban J connectivity index is 1.52. The molecule has 140 valence electrons. The summed E-state index contributed by atoms with van der Waals surface area (Å²) in [6.45, 7) is 8.47. The van der Waals surface area contributed by atoms with Gasteiger partial charge in [0.05, 0.1) is 19.0 Å². The van der Waals surface area contributed by atoms with Crippen LogP contribution in [-0.2, 0) is 16.1 Å². The Morgan fingerprint density at radius 1 is 1.35 bits per heavy atom. The van der Waals surface area contributed by atoms with Crippen LogP contribution in [0, 0.1) is 0 Å². The summed E-state index contributed by atoms with van der Waals surface area (Å²) in [6.07, 6.45) is 1.69. The van der Waals surface area contributed by atoms with Crippen LogP contribution in [0.25, 0.3) is 0 Å². The first-order valence-electron chi connectivity index (χ1n) is 8.83. The summed E-state index contributed by atoms with van der Waals surface area (Å²) >= 11 is 1.40. The van der Waals surface area contributed by atoms with Crippen LogP contribution in [-0.4, -0.2) is 57.6 Å². The maximum absolute atomic E-state index is 12.3. The van der Waals surface area contributed by atoms with Gasteiger partial charge in [0.25, 0.3) is 0 Å². The third-order valence-electron chi connectivity index (χ3n) is 4.15. The lowest BCUT2D eigenvalue weighted by molar-refractivity contribution is -0.113. The van der Waals surface area contributed by atoms with Crippen molar-refractivity contribution >= 4 is 23.4 Å². The molecule has 0 bridgehead atoms. The fraction of sp³-hybridized carbons (Fsp3) is 0.500. The highest BCUT2D eigenvalue weighted by molar-refractivity contribution is 7.99. The number of anilines is 1. The summed E-state index contributed by atoms with van der Waals surface area (Å²) < 4.78 is 7.34. The molecule has 0 atom stereocenters. The lowest BCUT2D eigenvalue weighted by atomic mass is 10.2. The van der Waals surface area contributed by atoms with E-state index in [1.807, 2.05) is 22.8 Å². The Kier molecular flexibility index (Phi) is 6.65. The van der Waals surface area contributed by atoms with E-state index in [0.717, 1.165) is 43.7 Å². The number of carbonyl (C=O) groups is 1. The van der Waals surface area contributed by atoms with Crippen molar-refractivity contribution < 1.29 is 9.53 Å². The topological polar surface area (TPSA) is 72.3 Å². The van der Waals surface area contributed by atoms with Crippen molar-refractivity contribution in [2.75, 3.05) is 37.4 Å². The number of hydrogen-bond donors (Lipinski definition) is 1. The van der Waals surface area contributed by atoms with E-state index >= 15 is 0 Å². The Morgan fingerprint density at radius 2 is 2.15 bits per heavy atom. The number of nitrogens with one attached hydrogen (secondary N) is 1. The van der Waals surface area contributed by atoms with Crippen LogP contribution in [0.3, 0.4) is 0 Å².